The molecule has 3 saturated heterocycles. The van der Waals surface area contributed by atoms with E-state index < -0.39 is 133 Å². The van der Waals surface area contributed by atoms with Gasteiger partial charge in [-0.15, -0.1) is 5.10 Å². The predicted octanol–water partition coefficient (Wildman–Crippen LogP) is 3.75. The topological polar surface area (TPSA) is 259 Å². The van der Waals surface area contributed by atoms with Crippen LogP contribution in [0.5, 0.6) is 0 Å². The first-order valence-corrected chi connectivity index (χ1v) is 25.9. The molecule has 1 aromatic heterocycles. The van der Waals surface area contributed by atoms with Gasteiger partial charge >= 0.3 is 23.9 Å². The SMILES string of the molecule is CCC(=O)O[C@@H]1CC(=O)O[C@@H](C/C=C/c2ccc(-n3cnnn3)cc2F)CCCN(C)C[C@H](O)[C@H](C)C[C@H](CC=O)[C@H](O[C@@H]2OC(C)[C@@H](O[C@H]3CC(C)(OC(C)=O)[C@@H](OC(=O)CC)C(C)O3)C(N(C)C)C2O)[C@H]1OC. The van der Waals surface area contributed by atoms with Gasteiger partial charge in [-0.05, 0) is 102 Å². The van der Waals surface area contributed by atoms with Gasteiger partial charge in [-0.3, -0.25) is 19.2 Å². The molecule has 0 saturated carbocycles. The van der Waals surface area contributed by atoms with Gasteiger partial charge in [0.05, 0.1) is 42.6 Å². The summed E-state index contributed by atoms with van der Waals surface area (Å²) in [7, 11) is 6.68. The molecule has 1 aromatic carbocycles. The number of aromatic nitrogens is 4. The monoisotopic (exact) mass is 1060 g/mol. The zero-order valence-corrected chi connectivity index (χ0v) is 45.2. The van der Waals surface area contributed by atoms with Crippen molar-refractivity contribution >= 4 is 36.2 Å². The summed E-state index contributed by atoms with van der Waals surface area (Å²) < 4.78 is 72.5. The zero-order chi connectivity index (χ0) is 55.1. The molecule has 22 nitrogen and oxygen atoms in total. The molecule has 420 valence electrons. The molecule has 23 heteroatoms. The number of β-amino-alcohol motifs (C(OH)–C–C–N with tert-alkyl or cyclic N) is 1. The van der Waals surface area contributed by atoms with E-state index in [4.69, 9.17) is 42.6 Å². The number of aldehydes is 1. The van der Waals surface area contributed by atoms with Crippen LogP contribution in [0.15, 0.2) is 30.6 Å². The normalized spacial score (nSPS) is 33.9. The Bertz CT molecular complexity index is 2190. The van der Waals surface area contributed by atoms with Crippen molar-refractivity contribution in [3.63, 3.8) is 0 Å². The first-order chi connectivity index (χ1) is 35.6. The van der Waals surface area contributed by atoms with Gasteiger partial charge < -0.3 is 67.4 Å². The Hall–Kier alpha value is -4.85. The maximum atomic E-state index is 15.2. The molecule has 16 atom stereocenters. The predicted molar refractivity (Wildman–Crippen MR) is 266 cm³/mol. The summed E-state index contributed by atoms with van der Waals surface area (Å²) in [5, 5.41) is 35.0. The largest absolute Gasteiger partial charge is 0.462 e. The second kappa shape index (κ2) is 28.5. The lowest BCUT2D eigenvalue weighted by Gasteiger charge is -2.50. The van der Waals surface area contributed by atoms with Crippen LogP contribution < -0.4 is 0 Å². The van der Waals surface area contributed by atoms with Crippen molar-refractivity contribution in [1.82, 2.24) is 30.0 Å². The Kier molecular flexibility index (Phi) is 23.2. The van der Waals surface area contributed by atoms with E-state index in [2.05, 4.69) is 15.5 Å². The highest BCUT2D eigenvalue weighted by molar-refractivity contribution is 5.73. The van der Waals surface area contributed by atoms with Gasteiger partial charge in [0.15, 0.2) is 24.3 Å². The van der Waals surface area contributed by atoms with Gasteiger partial charge in [-0.2, -0.15) is 0 Å². The number of cyclic esters (lactones) is 1. The van der Waals surface area contributed by atoms with Crippen molar-refractivity contribution in [3.05, 3.63) is 42.0 Å². The van der Waals surface area contributed by atoms with Crippen LogP contribution in [0.1, 0.15) is 112 Å². The van der Waals surface area contributed by atoms with Crippen LogP contribution in [-0.4, -0.2) is 197 Å². The number of methoxy groups -OCH3 is 1. The number of benzene rings is 1. The van der Waals surface area contributed by atoms with Gasteiger partial charge in [0.25, 0.3) is 0 Å². The number of esters is 4. The number of tetrazole rings is 1. The Morgan fingerprint density at radius 1 is 1.00 bits per heavy atom. The molecule has 0 amide bonds. The number of ether oxygens (including phenoxy) is 9. The number of carbonyl (C=O) groups is 5. The van der Waals surface area contributed by atoms with Gasteiger partial charge in [0, 0.05) is 64.3 Å². The van der Waals surface area contributed by atoms with Crippen LogP contribution in [-0.2, 0) is 66.6 Å². The third-order valence-corrected chi connectivity index (χ3v) is 14.1. The molecule has 0 aliphatic carbocycles. The fourth-order valence-corrected chi connectivity index (χ4v) is 10.3. The number of aliphatic hydroxyl groups is 2. The molecule has 2 aromatic rings. The molecular weight excluding hydrogens is 984 g/mol. The van der Waals surface area contributed by atoms with Gasteiger partial charge in [-0.1, -0.05) is 32.9 Å². The second-order valence-corrected chi connectivity index (χ2v) is 20.3. The summed E-state index contributed by atoms with van der Waals surface area (Å²) in [4.78, 5) is 68.6. The zero-order valence-electron chi connectivity index (χ0n) is 45.2. The fraction of sp³-hybridized carbons (Fsp3) is 0.731. The van der Waals surface area contributed by atoms with E-state index in [-0.39, 0.29) is 50.6 Å². The van der Waals surface area contributed by atoms with Crippen LogP contribution in [0.25, 0.3) is 11.8 Å². The average molecular weight is 1060 g/mol. The molecule has 4 heterocycles. The lowest BCUT2D eigenvalue weighted by Crippen LogP contribution is -2.66. The smallest absolute Gasteiger partial charge is 0.309 e. The van der Waals surface area contributed by atoms with Crippen LogP contribution in [0, 0.1) is 17.7 Å². The fourth-order valence-electron chi connectivity index (χ4n) is 10.3. The molecule has 75 heavy (non-hydrogen) atoms. The van der Waals surface area contributed by atoms with E-state index in [9.17, 15) is 34.2 Å². The molecule has 2 N–H and O–H groups in total. The first kappa shape index (κ1) is 61.0. The molecular formula is C52H79FN6O16. The number of rotatable bonds is 17. The summed E-state index contributed by atoms with van der Waals surface area (Å²) in [6, 6.07) is 3.68. The van der Waals surface area contributed by atoms with E-state index in [1.165, 1.54) is 31.1 Å². The van der Waals surface area contributed by atoms with E-state index in [1.54, 1.807) is 77.9 Å². The first-order valence-electron chi connectivity index (χ1n) is 25.9. The highest BCUT2D eigenvalue weighted by atomic mass is 19.1. The summed E-state index contributed by atoms with van der Waals surface area (Å²) in [6.07, 6.45) is -6.81. The quantitative estimate of drug-likeness (QED) is 0.130. The molecule has 0 spiro atoms. The summed E-state index contributed by atoms with van der Waals surface area (Å²) >= 11 is 0. The van der Waals surface area contributed by atoms with E-state index >= 15 is 4.39 Å². The minimum atomic E-state index is -1.47. The number of carbonyl (C=O) groups excluding carboxylic acids is 5. The number of aliphatic hydroxyl groups excluding tert-OH is 2. The number of halogens is 1. The third kappa shape index (κ3) is 16.8. The molecule has 0 radical (unpaired) electrons. The number of hydrogen-bond donors (Lipinski definition) is 2. The summed E-state index contributed by atoms with van der Waals surface area (Å²) in [6.45, 7) is 12.2. The minimum Gasteiger partial charge on any atom is -0.462 e. The highest BCUT2D eigenvalue weighted by Crippen LogP contribution is 2.39. The molecule has 3 fully saturated rings. The summed E-state index contributed by atoms with van der Waals surface area (Å²) in [5.74, 6) is -4.21. The van der Waals surface area contributed by atoms with Crippen molar-refractivity contribution in [2.24, 2.45) is 11.8 Å². The Morgan fingerprint density at radius 2 is 1.72 bits per heavy atom. The van der Waals surface area contributed by atoms with Crippen molar-refractivity contribution in [2.45, 2.75) is 192 Å². The Morgan fingerprint density at radius 3 is 2.35 bits per heavy atom. The number of hydrogen-bond acceptors (Lipinski definition) is 21. The molecule has 3 aliphatic rings. The lowest BCUT2D eigenvalue weighted by molar-refractivity contribution is -0.344. The van der Waals surface area contributed by atoms with Crippen molar-refractivity contribution in [3.8, 4) is 5.69 Å². The number of nitrogens with zero attached hydrogens (tertiary/aromatic N) is 6. The van der Waals surface area contributed by atoms with Crippen molar-refractivity contribution in [2.75, 3.05) is 41.3 Å². The van der Waals surface area contributed by atoms with E-state index in [0.29, 0.717) is 31.4 Å². The molecule has 5 unspecified atom stereocenters. The summed E-state index contributed by atoms with van der Waals surface area (Å²) in [5.41, 5.74) is -0.640. The average Bonchev–Trinajstić information content (AvgIpc) is 3.89. The van der Waals surface area contributed by atoms with Crippen molar-refractivity contribution in [1.29, 1.82) is 0 Å². The molecule has 5 rings (SSSR count). The van der Waals surface area contributed by atoms with Crippen LogP contribution in [0.4, 0.5) is 4.39 Å². The lowest BCUT2D eigenvalue weighted by atomic mass is 9.82. The standard InChI is InChI=1S/C52H79FN6O16/c1-12-41(63)71-40-26-43(65)70-37(17-14-16-34-19-20-36(25-38(34)53)59-29-54-55-56-59)18-15-22-58(10)28-39(62)30(3)24-35(21-23-60)48(49(40)67-11)74-51-46(66)45(57(8)9)47(31(4)69-51)73-44-27-52(7,75-33(6)61)50(32(5)68-44)72-42(64)13-2/h14,16,19-20,23,25,29-32,35,37,39-40,44-51,62,66H,12-13,15,17-18,21-22,24,26-28H2,1-11H3/b16-14+/t30-,31?,32?,35+,37+,39+,40-,44+,45?,46?,47-,48+,49+,50+,51+,52?/m1/s1. The van der Waals surface area contributed by atoms with Gasteiger partial charge in [-0.25, -0.2) is 9.07 Å². The minimum absolute atomic E-state index is 0.0421. The Labute approximate surface area is 438 Å². The Balaban J connectivity index is 1.45. The van der Waals surface area contributed by atoms with Gasteiger partial charge in [0.1, 0.15) is 49.0 Å². The van der Waals surface area contributed by atoms with E-state index in [0.717, 1.165) is 0 Å². The second-order valence-electron chi connectivity index (χ2n) is 20.3. The van der Waals surface area contributed by atoms with Gasteiger partial charge in [0.2, 0.25) is 0 Å². The maximum Gasteiger partial charge on any atom is 0.309 e. The van der Waals surface area contributed by atoms with Crippen LogP contribution >= 0.6 is 0 Å². The van der Waals surface area contributed by atoms with Crippen molar-refractivity contribution < 1.29 is 81.2 Å². The van der Waals surface area contributed by atoms with Crippen LogP contribution in [0.2, 0.25) is 0 Å². The molecule has 3 aliphatic heterocycles. The maximum absolute atomic E-state index is 15.2. The van der Waals surface area contributed by atoms with Crippen LogP contribution in [0.3, 0.4) is 0 Å². The van der Waals surface area contributed by atoms with E-state index in [1.807, 2.05) is 18.9 Å². The number of likely N-dealkylation sites (N-methyl/N-ethyl adjacent to an activating group) is 2. The highest BCUT2D eigenvalue weighted by Gasteiger charge is 2.54. The third-order valence-electron chi connectivity index (χ3n) is 14.1. The molecule has 0 bridgehead atoms.